The van der Waals surface area contributed by atoms with Crippen LogP contribution in [0.25, 0.3) is 0 Å². The molecule has 2 saturated carbocycles. The molecule has 0 spiro atoms. The zero-order chi connectivity index (χ0) is 25.2. The largest absolute Gasteiger partial charge is 0.481 e. The van der Waals surface area contributed by atoms with E-state index in [1.54, 1.807) is 0 Å². The van der Waals surface area contributed by atoms with E-state index in [0.717, 1.165) is 37.7 Å². The van der Waals surface area contributed by atoms with Gasteiger partial charge in [0.05, 0.1) is 18.1 Å². The number of aliphatic hydroxyl groups is 2. The fourth-order valence-electron chi connectivity index (χ4n) is 8.26. The normalized spacial score (nSPS) is 41.6. The lowest BCUT2D eigenvalue weighted by molar-refractivity contribution is -0.146. The Kier molecular flexibility index (Phi) is 6.52. The molecule has 0 bridgehead atoms. The Balaban J connectivity index is 1.69. The number of carbonyl (C=O) groups is 1. The molecule has 0 aromatic rings. The number of carboxylic acid groups (broad SMARTS) is 1. The molecule has 3 N–H and O–H groups in total. The van der Waals surface area contributed by atoms with E-state index in [0.29, 0.717) is 30.6 Å². The van der Waals surface area contributed by atoms with E-state index < -0.39 is 23.4 Å². The van der Waals surface area contributed by atoms with Crippen molar-refractivity contribution in [3.8, 4) is 0 Å². The highest BCUT2D eigenvalue weighted by Gasteiger charge is 2.65. The monoisotopic (exact) mass is 470 g/mol. The van der Waals surface area contributed by atoms with E-state index in [9.17, 15) is 20.1 Å². The van der Waals surface area contributed by atoms with Crippen LogP contribution in [0, 0.1) is 45.8 Å². The molecule has 0 aromatic heterocycles. The molecule has 4 nitrogen and oxygen atoms in total. The molecule has 4 rings (SSSR count). The number of fused-ring (bicyclic) bond motifs is 5. The van der Waals surface area contributed by atoms with Crippen molar-refractivity contribution in [1.29, 1.82) is 0 Å². The highest BCUT2D eigenvalue weighted by Crippen LogP contribution is 2.69. The van der Waals surface area contributed by atoms with Crippen molar-refractivity contribution in [2.24, 2.45) is 45.8 Å². The average Bonchev–Trinajstić information content (AvgIpc) is 2.97. The molecule has 4 aliphatic rings. The zero-order valence-corrected chi connectivity index (χ0v) is 22.1. The SMILES string of the molecule is C=C(CC[C@@H](C(=O)O)[C@H]1C[C@H](O)[C@@]2(C)C3=CC[C@@H]4[C@H](CC[C@H](O)C4(C)C)C3=CC[C@]12C)C(C)C. The summed E-state index contributed by atoms with van der Waals surface area (Å²) in [6.07, 6.45) is 9.27. The van der Waals surface area contributed by atoms with Crippen LogP contribution >= 0.6 is 0 Å². The Morgan fingerprint density at radius 3 is 2.41 bits per heavy atom. The molecular formula is C30H46O4. The minimum atomic E-state index is -0.741. The molecule has 0 radical (unpaired) electrons. The lowest BCUT2D eigenvalue weighted by atomic mass is 9.48. The maximum atomic E-state index is 12.5. The standard InChI is InChI=1S/C30H46O4/c1-17(2)18(3)8-9-21(27(33)34)24-16-26(32)30(7)23-12-11-22-19(10-13-25(31)28(22,4)5)20(23)14-15-29(24,30)6/h12,14,17,19,21-22,24-26,31-32H,3,8-11,13,15-16H2,1-2,4-7H3,(H,33,34)/t19-,21-,22-,24-,25+,26+,29-,30-/m1/s1. The smallest absolute Gasteiger partial charge is 0.306 e. The van der Waals surface area contributed by atoms with Gasteiger partial charge in [0.25, 0.3) is 0 Å². The number of hydrogen-bond donors (Lipinski definition) is 3. The van der Waals surface area contributed by atoms with Gasteiger partial charge in [-0.15, -0.1) is 0 Å². The first-order valence-electron chi connectivity index (χ1n) is 13.4. The van der Waals surface area contributed by atoms with Crippen LogP contribution in [0.15, 0.2) is 35.5 Å². The first-order chi connectivity index (χ1) is 15.8. The number of aliphatic hydroxyl groups excluding tert-OH is 2. The van der Waals surface area contributed by atoms with Crippen molar-refractivity contribution in [1.82, 2.24) is 0 Å². The van der Waals surface area contributed by atoms with E-state index in [4.69, 9.17) is 0 Å². The molecule has 4 aliphatic carbocycles. The van der Waals surface area contributed by atoms with Gasteiger partial charge in [0.2, 0.25) is 0 Å². The average molecular weight is 471 g/mol. The molecule has 0 saturated heterocycles. The van der Waals surface area contributed by atoms with Gasteiger partial charge in [0, 0.05) is 5.41 Å². The van der Waals surface area contributed by atoms with Crippen LogP contribution < -0.4 is 0 Å². The van der Waals surface area contributed by atoms with Crippen molar-refractivity contribution in [3.63, 3.8) is 0 Å². The van der Waals surface area contributed by atoms with Gasteiger partial charge >= 0.3 is 5.97 Å². The Hall–Kier alpha value is -1.39. The van der Waals surface area contributed by atoms with Gasteiger partial charge in [0.1, 0.15) is 0 Å². The molecule has 0 aliphatic heterocycles. The van der Waals surface area contributed by atoms with Crippen LogP contribution in [0.1, 0.15) is 86.5 Å². The Morgan fingerprint density at radius 1 is 1.12 bits per heavy atom. The molecule has 0 unspecified atom stereocenters. The summed E-state index contributed by atoms with van der Waals surface area (Å²) in [5, 5.41) is 32.5. The lowest BCUT2D eigenvalue weighted by Gasteiger charge is -2.57. The lowest BCUT2D eigenvalue weighted by Crippen LogP contribution is -2.52. The molecule has 34 heavy (non-hydrogen) atoms. The summed E-state index contributed by atoms with van der Waals surface area (Å²) in [5.41, 5.74) is 2.86. The van der Waals surface area contributed by atoms with Gasteiger partial charge in [0.15, 0.2) is 0 Å². The second kappa shape index (κ2) is 8.62. The fraction of sp³-hybridized carbons (Fsp3) is 0.767. The van der Waals surface area contributed by atoms with Crippen LogP contribution in [-0.4, -0.2) is 33.5 Å². The summed E-state index contributed by atoms with van der Waals surface area (Å²) in [5.74, 6) is -0.130. The van der Waals surface area contributed by atoms with Gasteiger partial charge in [-0.2, -0.15) is 0 Å². The van der Waals surface area contributed by atoms with Crippen LogP contribution in [0.2, 0.25) is 0 Å². The third kappa shape index (κ3) is 3.58. The van der Waals surface area contributed by atoms with E-state index in [-0.39, 0.29) is 22.9 Å². The van der Waals surface area contributed by atoms with Crippen molar-refractivity contribution in [3.05, 3.63) is 35.5 Å². The van der Waals surface area contributed by atoms with Gasteiger partial charge in [-0.3, -0.25) is 4.79 Å². The number of allylic oxidation sites excluding steroid dienone is 4. The summed E-state index contributed by atoms with van der Waals surface area (Å²) >= 11 is 0. The predicted octanol–water partition coefficient (Wildman–Crippen LogP) is 6.15. The van der Waals surface area contributed by atoms with Gasteiger partial charge in [-0.25, -0.2) is 0 Å². The van der Waals surface area contributed by atoms with Crippen molar-refractivity contribution in [2.75, 3.05) is 0 Å². The topological polar surface area (TPSA) is 77.8 Å². The van der Waals surface area contributed by atoms with Crippen LogP contribution in [0.4, 0.5) is 0 Å². The third-order valence-electron chi connectivity index (χ3n) is 11.2. The Bertz CT molecular complexity index is 911. The minimum Gasteiger partial charge on any atom is -0.481 e. The predicted molar refractivity (Wildman–Crippen MR) is 136 cm³/mol. The van der Waals surface area contributed by atoms with Gasteiger partial charge in [-0.05, 0) is 90.6 Å². The quantitative estimate of drug-likeness (QED) is 0.407. The highest BCUT2D eigenvalue weighted by atomic mass is 16.4. The zero-order valence-electron chi connectivity index (χ0n) is 22.1. The van der Waals surface area contributed by atoms with Crippen molar-refractivity contribution < 1.29 is 20.1 Å². The Labute approximate surface area is 206 Å². The molecule has 0 aromatic carbocycles. The molecule has 8 atom stereocenters. The van der Waals surface area contributed by atoms with Crippen molar-refractivity contribution >= 4 is 5.97 Å². The summed E-state index contributed by atoms with van der Waals surface area (Å²) < 4.78 is 0. The van der Waals surface area contributed by atoms with Crippen molar-refractivity contribution in [2.45, 2.75) is 98.7 Å². The van der Waals surface area contributed by atoms with Crippen LogP contribution in [0.5, 0.6) is 0 Å². The molecule has 0 amide bonds. The first-order valence-corrected chi connectivity index (χ1v) is 13.4. The second-order valence-corrected chi connectivity index (χ2v) is 13.1. The minimum absolute atomic E-state index is 0.0778. The third-order valence-corrected chi connectivity index (χ3v) is 11.2. The summed E-state index contributed by atoms with van der Waals surface area (Å²) in [6.45, 7) is 17.2. The van der Waals surface area contributed by atoms with E-state index in [1.165, 1.54) is 11.1 Å². The summed E-state index contributed by atoms with van der Waals surface area (Å²) in [7, 11) is 0. The van der Waals surface area contributed by atoms with Gasteiger partial charge < -0.3 is 15.3 Å². The number of rotatable bonds is 6. The van der Waals surface area contributed by atoms with Gasteiger partial charge in [-0.1, -0.05) is 65.8 Å². The summed E-state index contributed by atoms with van der Waals surface area (Å²) in [4.78, 5) is 12.5. The molecule has 2 fully saturated rings. The van der Waals surface area contributed by atoms with Crippen LogP contribution in [-0.2, 0) is 4.79 Å². The van der Waals surface area contributed by atoms with Crippen LogP contribution in [0.3, 0.4) is 0 Å². The Morgan fingerprint density at radius 2 is 1.79 bits per heavy atom. The first kappa shape index (κ1) is 25.7. The van der Waals surface area contributed by atoms with E-state index in [2.05, 4.69) is 60.3 Å². The number of aliphatic carboxylic acids is 1. The summed E-state index contributed by atoms with van der Waals surface area (Å²) in [6, 6.07) is 0. The maximum Gasteiger partial charge on any atom is 0.306 e. The highest BCUT2D eigenvalue weighted by molar-refractivity contribution is 5.71. The molecule has 4 heteroatoms. The number of carboxylic acids is 1. The molecule has 190 valence electrons. The number of hydrogen-bond acceptors (Lipinski definition) is 3. The van der Waals surface area contributed by atoms with E-state index in [1.807, 2.05) is 0 Å². The maximum absolute atomic E-state index is 12.5. The molecular weight excluding hydrogens is 424 g/mol. The van der Waals surface area contributed by atoms with E-state index >= 15 is 0 Å². The second-order valence-electron chi connectivity index (χ2n) is 13.1. The fourth-order valence-corrected chi connectivity index (χ4v) is 8.26. The molecule has 0 heterocycles.